The van der Waals surface area contributed by atoms with E-state index >= 15 is 0 Å². The van der Waals surface area contributed by atoms with Crippen molar-refractivity contribution in [2.45, 2.75) is 59.3 Å². The van der Waals surface area contributed by atoms with Gasteiger partial charge in [-0.3, -0.25) is 10.1 Å². The van der Waals surface area contributed by atoms with Gasteiger partial charge in [0.05, 0.1) is 6.04 Å². The van der Waals surface area contributed by atoms with Gasteiger partial charge in [0, 0.05) is 6.04 Å². The Morgan fingerprint density at radius 3 is 2.60 bits per heavy atom. The predicted molar refractivity (Wildman–Crippen MR) is 82.3 cm³/mol. The molecule has 3 unspecified atom stereocenters. The average molecular weight is 274 g/mol. The van der Waals surface area contributed by atoms with Crippen LogP contribution in [0.1, 0.15) is 51.4 Å². The molecule has 1 heterocycles. The molecule has 3 nitrogen and oxygen atoms in total. The number of amides is 1. The van der Waals surface area contributed by atoms with Gasteiger partial charge in [-0.1, -0.05) is 50.6 Å². The fraction of sp³-hybridized carbons (Fsp3) is 0.588. The van der Waals surface area contributed by atoms with Crippen LogP contribution in [0.15, 0.2) is 24.3 Å². The van der Waals surface area contributed by atoms with Crippen molar-refractivity contribution < 1.29 is 4.79 Å². The van der Waals surface area contributed by atoms with Crippen LogP contribution in [0.3, 0.4) is 0 Å². The third-order valence-electron chi connectivity index (χ3n) is 4.21. The summed E-state index contributed by atoms with van der Waals surface area (Å²) >= 11 is 0. The molecule has 0 aliphatic carbocycles. The van der Waals surface area contributed by atoms with E-state index < -0.39 is 0 Å². The molecule has 2 rings (SSSR count). The Morgan fingerprint density at radius 2 is 2.05 bits per heavy atom. The molecule has 3 heteroatoms. The van der Waals surface area contributed by atoms with Crippen LogP contribution in [-0.4, -0.2) is 22.9 Å². The average Bonchev–Trinajstić information content (AvgIpc) is 2.68. The molecule has 110 valence electrons. The molecule has 1 fully saturated rings. The summed E-state index contributed by atoms with van der Waals surface area (Å²) in [5.74, 6) is 0.681. The van der Waals surface area contributed by atoms with Crippen molar-refractivity contribution in [1.29, 1.82) is 0 Å². The molecule has 0 radical (unpaired) electrons. The number of carbonyl (C=O) groups is 1. The number of rotatable bonds is 4. The Hall–Kier alpha value is -1.35. The van der Waals surface area contributed by atoms with E-state index in [9.17, 15) is 4.79 Å². The lowest BCUT2D eigenvalue weighted by molar-refractivity contribution is -0.133. The molecule has 0 saturated carbocycles. The molecule has 0 aromatic heterocycles. The summed E-state index contributed by atoms with van der Waals surface area (Å²) in [6.07, 6.45) is 0.991. The van der Waals surface area contributed by atoms with Gasteiger partial charge in [0.15, 0.2) is 0 Å². The second-order valence-electron chi connectivity index (χ2n) is 6.17. The summed E-state index contributed by atoms with van der Waals surface area (Å²) in [6.45, 7) is 10.6. The number of benzene rings is 1. The number of nitrogens with zero attached hydrogens (tertiary/aromatic N) is 1. The van der Waals surface area contributed by atoms with E-state index in [-0.39, 0.29) is 24.2 Å². The minimum absolute atomic E-state index is 0.00440. The van der Waals surface area contributed by atoms with Gasteiger partial charge in [-0.05, 0) is 31.7 Å². The first-order valence-electron chi connectivity index (χ1n) is 7.60. The van der Waals surface area contributed by atoms with Gasteiger partial charge in [0.1, 0.15) is 6.17 Å². The first-order valence-corrected chi connectivity index (χ1v) is 7.60. The maximum atomic E-state index is 12.5. The van der Waals surface area contributed by atoms with Gasteiger partial charge in [-0.25, -0.2) is 0 Å². The Labute approximate surface area is 122 Å². The Morgan fingerprint density at radius 1 is 1.35 bits per heavy atom. The van der Waals surface area contributed by atoms with Crippen LogP contribution in [-0.2, 0) is 4.79 Å². The molecule has 1 N–H and O–H groups in total. The normalized spacial score (nSPS) is 24.5. The van der Waals surface area contributed by atoms with Gasteiger partial charge in [0.25, 0.3) is 0 Å². The molecule has 0 spiro atoms. The first-order chi connectivity index (χ1) is 9.45. The van der Waals surface area contributed by atoms with Gasteiger partial charge in [-0.2, -0.15) is 0 Å². The number of aryl methyl sites for hydroxylation is 1. The lowest BCUT2D eigenvalue weighted by atomic mass is 9.98. The highest BCUT2D eigenvalue weighted by molar-refractivity contribution is 5.84. The standard InChI is InChI=1S/C17H26N2O/c1-6-15(11(2)3)19-16(18-13(5)17(19)20)14-9-7-8-12(4)10-14/h7-11,13,15-16,18H,6H2,1-5H3. The molecule has 1 aromatic rings. The highest BCUT2D eigenvalue weighted by Crippen LogP contribution is 2.31. The summed E-state index contributed by atoms with van der Waals surface area (Å²) in [5.41, 5.74) is 2.41. The maximum absolute atomic E-state index is 12.5. The van der Waals surface area contributed by atoms with E-state index in [0.717, 1.165) is 6.42 Å². The molecule has 1 saturated heterocycles. The topological polar surface area (TPSA) is 32.3 Å². The highest BCUT2D eigenvalue weighted by Gasteiger charge is 2.41. The summed E-state index contributed by atoms with van der Waals surface area (Å²) < 4.78 is 0. The van der Waals surface area contributed by atoms with Crippen molar-refractivity contribution in [2.75, 3.05) is 0 Å². The van der Waals surface area contributed by atoms with Crippen LogP contribution < -0.4 is 5.32 Å². The van der Waals surface area contributed by atoms with Crippen molar-refractivity contribution in [2.24, 2.45) is 5.92 Å². The number of carbonyl (C=O) groups excluding carboxylic acids is 1. The zero-order valence-corrected chi connectivity index (χ0v) is 13.2. The first kappa shape index (κ1) is 15.0. The van der Waals surface area contributed by atoms with E-state index in [4.69, 9.17) is 0 Å². The van der Waals surface area contributed by atoms with E-state index in [1.807, 2.05) is 6.92 Å². The number of nitrogens with one attached hydrogen (secondary N) is 1. The predicted octanol–water partition coefficient (Wildman–Crippen LogP) is 3.25. The monoisotopic (exact) mass is 274 g/mol. The van der Waals surface area contributed by atoms with Crippen molar-refractivity contribution in [3.63, 3.8) is 0 Å². The van der Waals surface area contributed by atoms with E-state index in [2.05, 4.69) is 62.2 Å². The van der Waals surface area contributed by atoms with Gasteiger partial charge in [0.2, 0.25) is 5.91 Å². The Balaban J connectivity index is 2.37. The smallest absolute Gasteiger partial charge is 0.241 e. The van der Waals surface area contributed by atoms with Crippen LogP contribution in [0.2, 0.25) is 0 Å². The Bertz CT molecular complexity index is 484. The van der Waals surface area contributed by atoms with Crippen LogP contribution in [0.25, 0.3) is 0 Å². The summed E-state index contributed by atoms with van der Waals surface area (Å²) in [7, 11) is 0. The van der Waals surface area contributed by atoms with E-state index in [0.29, 0.717) is 5.92 Å². The lowest BCUT2D eigenvalue weighted by Crippen LogP contribution is -2.42. The second-order valence-corrected chi connectivity index (χ2v) is 6.17. The zero-order chi connectivity index (χ0) is 14.9. The maximum Gasteiger partial charge on any atom is 0.241 e. The number of hydrogen-bond donors (Lipinski definition) is 1. The van der Waals surface area contributed by atoms with Crippen LogP contribution in [0.5, 0.6) is 0 Å². The van der Waals surface area contributed by atoms with Crippen LogP contribution >= 0.6 is 0 Å². The van der Waals surface area contributed by atoms with Crippen LogP contribution in [0.4, 0.5) is 0 Å². The third kappa shape index (κ3) is 2.73. The summed E-state index contributed by atoms with van der Waals surface area (Å²) in [6, 6.07) is 8.61. The molecule has 1 aromatic carbocycles. The third-order valence-corrected chi connectivity index (χ3v) is 4.21. The summed E-state index contributed by atoms with van der Waals surface area (Å²) in [4.78, 5) is 14.6. The molecular formula is C17H26N2O. The SMILES string of the molecule is CCC(C(C)C)N1C(=O)C(C)NC1c1cccc(C)c1. The van der Waals surface area contributed by atoms with Crippen LogP contribution in [0, 0.1) is 12.8 Å². The minimum atomic E-state index is -0.103. The zero-order valence-electron chi connectivity index (χ0n) is 13.2. The molecule has 20 heavy (non-hydrogen) atoms. The van der Waals surface area contributed by atoms with Gasteiger partial charge in [-0.15, -0.1) is 0 Å². The quantitative estimate of drug-likeness (QED) is 0.914. The fourth-order valence-electron chi connectivity index (χ4n) is 3.18. The van der Waals surface area contributed by atoms with E-state index in [1.165, 1.54) is 11.1 Å². The van der Waals surface area contributed by atoms with Gasteiger partial charge < -0.3 is 4.90 Å². The summed E-state index contributed by atoms with van der Waals surface area (Å²) in [5, 5.41) is 3.44. The highest BCUT2D eigenvalue weighted by atomic mass is 16.2. The minimum Gasteiger partial charge on any atom is -0.318 e. The fourth-order valence-corrected chi connectivity index (χ4v) is 3.18. The second kappa shape index (κ2) is 5.96. The van der Waals surface area contributed by atoms with Crippen molar-refractivity contribution >= 4 is 5.91 Å². The molecular weight excluding hydrogens is 248 g/mol. The van der Waals surface area contributed by atoms with Crippen molar-refractivity contribution in [3.05, 3.63) is 35.4 Å². The van der Waals surface area contributed by atoms with Gasteiger partial charge >= 0.3 is 0 Å². The molecule has 0 bridgehead atoms. The molecule has 3 atom stereocenters. The van der Waals surface area contributed by atoms with Crippen molar-refractivity contribution in [1.82, 2.24) is 10.2 Å². The Kier molecular flexibility index (Phi) is 4.48. The molecule has 1 amide bonds. The van der Waals surface area contributed by atoms with E-state index in [1.54, 1.807) is 0 Å². The lowest BCUT2D eigenvalue weighted by Gasteiger charge is -2.35. The van der Waals surface area contributed by atoms with Crippen molar-refractivity contribution in [3.8, 4) is 0 Å². The molecule has 1 aliphatic heterocycles. The largest absolute Gasteiger partial charge is 0.318 e. The number of hydrogen-bond acceptors (Lipinski definition) is 2. The molecule has 1 aliphatic rings.